The minimum atomic E-state index is -4.43. The van der Waals surface area contributed by atoms with Gasteiger partial charge in [-0.25, -0.2) is 4.98 Å². The van der Waals surface area contributed by atoms with Crippen molar-refractivity contribution < 1.29 is 13.2 Å². The monoisotopic (exact) mass is 248 g/mol. The fraction of sp³-hybridized carbons (Fsp3) is 0.300. The molecule has 0 amide bonds. The first-order valence-corrected chi connectivity index (χ1v) is 4.69. The SMILES string of the molecule is CC#CCNc1ncc(C(F)(F)F)cc1Cl. The Kier molecular flexibility index (Phi) is 4.02. The van der Waals surface area contributed by atoms with Gasteiger partial charge < -0.3 is 5.32 Å². The van der Waals surface area contributed by atoms with Crippen molar-refractivity contribution in [2.45, 2.75) is 13.1 Å². The lowest BCUT2D eigenvalue weighted by Gasteiger charge is -2.09. The molecule has 1 N–H and O–H groups in total. The van der Waals surface area contributed by atoms with Crippen molar-refractivity contribution in [3.8, 4) is 11.8 Å². The van der Waals surface area contributed by atoms with E-state index in [1.165, 1.54) is 0 Å². The van der Waals surface area contributed by atoms with Crippen LogP contribution in [0.2, 0.25) is 5.02 Å². The molecule has 1 aromatic rings. The molecule has 1 rings (SSSR count). The maximum atomic E-state index is 12.3. The zero-order chi connectivity index (χ0) is 12.2. The molecule has 0 radical (unpaired) electrons. The summed E-state index contributed by atoms with van der Waals surface area (Å²) in [5.74, 6) is 5.51. The van der Waals surface area contributed by atoms with Crippen molar-refractivity contribution in [3.63, 3.8) is 0 Å². The van der Waals surface area contributed by atoms with E-state index < -0.39 is 11.7 Å². The third-order valence-electron chi connectivity index (χ3n) is 1.69. The van der Waals surface area contributed by atoms with Crippen LogP contribution in [0.5, 0.6) is 0 Å². The van der Waals surface area contributed by atoms with Gasteiger partial charge in [0.05, 0.1) is 17.1 Å². The van der Waals surface area contributed by atoms with Crippen LogP contribution in [0.1, 0.15) is 12.5 Å². The lowest BCUT2D eigenvalue weighted by atomic mass is 10.3. The zero-order valence-corrected chi connectivity index (χ0v) is 9.08. The largest absolute Gasteiger partial charge is 0.417 e. The van der Waals surface area contributed by atoms with E-state index in [1.807, 2.05) is 0 Å². The van der Waals surface area contributed by atoms with E-state index in [-0.39, 0.29) is 17.4 Å². The van der Waals surface area contributed by atoms with E-state index >= 15 is 0 Å². The van der Waals surface area contributed by atoms with E-state index in [1.54, 1.807) is 6.92 Å². The van der Waals surface area contributed by atoms with Gasteiger partial charge in [0, 0.05) is 6.20 Å². The van der Waals surface area contributed by atoms with Crippen LogP contribution < -0.4 is 5.32 Å². The number of anilines is 1. The van der Waals surface area contributed by atoms with Crippen LogP contribution in [0.25, 0.3) is 0 Å². The first kappa shape index (κ1) is 12.7. The van der Waals surface area contributed by atoms with Crippen LogP contribution in [-0.4, -0.2) is 11.5 Å². The van der Waals surface area contributed by atoms with E-state index in [0.29, 0.717) is 0 Å². The zero-order valence-electron chi connectivity index (χ0n) is 8.32. The summed E-state index contributed by atoms with van der Waals surface area (Å²) in [6, 6.07) is 0.830. The maximum absolute atomic E-state index is 12.3. The van der Waals surface area contributed by atoms with E-state index in [4.69, 9.17) is 11.6 Å². The molecule has 16 heavy (non-hydrogen) atoms. The molecule has 0 aliphatic carbocycles. The second kappa shape index (κ2) is 5.08. The standard InChI is InChI=1S/C10H8ClF3N2/c1-2-3-4-15-9-8(11)5-7(6-16-9)10(12,13)14/h5-6H,4H2,1H3,(H,15,16). The summed E-state index contributed by atoms with van der Waals surface area (Å²) in [6.07, 6.45) is -3.70. The molecule has 0 saturated heterocycles. The van der Waals surface area contributed by atoms with E-state index in [9.17, 15) is 13.2 Å². The van der Waals surface area contributed by atoms with Crippen LogP contribution in [0.15, 0.2) is 12.3 Å². The molecular weight excluding hydrogens is 241 g/mol. The second-order valence-corrected chi connectivity index (χ2v) is 3.24. The van der Waals surface area contributed by atoms with Crippen molar-refractivity contribution in [2.75, 3.05) is 11.9 Å². The summed E-state index contributed by atoms with van der Waals surface area (Å²) in [7, 11) is 0. The van der Waals surface area contributed by atoms with E-state index in [2.05, 4.69) is 22.1 Å². The van der Waals surface area contributed by atoms with E-state index in [0.717, 1.165) is 12.3 Å². The third-order valence-corrected chi connectivity index (χ3v) is 1.98. The van der Waals surface area contributed by atoms with Gasteiger partial charge in [0.2, 0.25) is 0 Å². The summed E-state index contributed by atoms with van der Waals surface area (Å²) >= 11 is 5.64. The first-order chi connectivity index (χ1) is 7.45. The van der Waals surface area contributed by atoms with Gasteiger partial charge in [-0.05, 0) is 13.0 Å². The average Bonchev–Trinajstić information content (AvgIpc) is 2.19. The van der Waals surface area contributed by atoms with Crippen molar-refractivity contribution in [2.24, 2.45) is 0 Å². The third kappa shape index (κ3) is 3.31. The van der Waals surface area contributed by atoms with Gasteiger partial charge in [-0.1, -0.05) is 17.5 Å². The van der Waals surface area contributed by atoms with Crippen molar-refractivity contribution in [1.82, 2.24) is 4.98 Å². The number of aromatic nitrogens is 1. The van der Waals surface area contributed by atoms with Gasteiger partial charge in [0.1, 0.15) is 5.82 Å². The fourth-order valence-electron chi connectivity index (χ4n) is 0.939. The highest BCUT2D eigenvalue weighted by atomic mass is 35.5. The molecule has 1 heterocycles. The van der Waals surface area contributed by atoms with Crippen molar-refractivity contribution >= 4 is 17.4 Å². The van der Waals surface area contributed by atoms with Crippen LogP contribution >= 0.6 is 11.6 Å². The predicted molar refractivity (Wildman–Crippen MR) is 56.2 cm³/mol. The van der Waals surface area contributed by atoms with Crippen LogP contribution in [0, 0.1) is 11.8 Å². The lowest BCUT2D eigenvalue weighted by molar-refractivity contribution is -0.137. The quantitative estimate of drug-likeness (QED) is 0.813. The molecule has 1 aromatic heterocycles. The lowest BCUT2D eigenvalue weighted by Crippen LogP contribution is -2.08. The van der Waals surface area contributed by atoms with Crippen LogP contribution in [0.3, 0.4) is 0 Å². The summed E-state index contributed by atoms with van der Waals surface area (Å²) in [6.45, 7) is 1.94. The summed E-state index contributed by atoms with van der Waals surface area (Å²) in [5, 5.41) is 2.63. The molecule has 0 fully saturated rings. The van der Waals surface area contributed by atoms with Gasteiger partial charge >= 0.3 is 6.18 Å². The summed E-state index contributed by atoms with van der Waals surface area (Å²) < 4.78 is 36.8. The molecule has 0 aliphatic heterocycles. The molecule has 2 nitrogen and oxygen atoms in total. The Morgan fingerprint density at radius 2 is 2.19 bits per heavy atom. The molecule has 0 bridgehead atoms. The predicted octanol–water partition coefficient (Wildman–Crippen LogP) is 3.19. The number of nitrogens with zero attached hydrogens (tertiary/aromatic N) is 1. The molecule has 0 saturated carbocycles. The van der Waals surface area contributed by atoms with Gasteiger partial charge in [-0.2, -0.15) is 13.2 Å². The topological polar surface area (TPSA) is 24.9 Å². The van der Waals surface area contributed by atoms with Crippen LogP contribution in [0.4, 0.5) is 19.0 Å². The number of nitrogens with one attached hydrogen (secondary N) is 1. The molecular formula is C10H8ClF3N2. The molecule has 0 aliphatic rings. The minimum absolute atomic E-state index is 0.0762. The highest BCUT2D eigenvalue weighted by molar-refractivity contribution is 6.32. The van der Waals surface area contributed by atoms with Crippen molar-refractivity contribution in [3.05, 3.63) is 22.8 Å². The molecule has 0 unspecified atom stereocenters. The number of halogens is 4. The second-order valence-electron chi connectivity index (χ2n) is 2.83. The molecule has 6 heteroatoms. The average molecular weight is 249 g/mol. The Morgan fingerprint density at radius 1 is 1.50 bits per heavy atom. The first-order valence-electron chi connectivity index (χ1n) is 4.31. The molecule has 0 aromatic carbocycles. The number of hydrogen-bond acceptors (Lipinski definition) is 2. The summed E-state index contributed by atoms with van der Waals surface area (Å²) in [4.78, 5) is 3.59. The normalized spacial score (nSPS) is 10.6. The Hall–Kier alpha value is -1.41. The van der Waals surface area contributed by atoms with Gasteiger partial charge in [-0.15, -0.1) is 5.92 Å². The van der Waals surface area contributed by atoms with Gasteiger partial charge in [0.25, 0.3) is 0 Å². The highest BCUT2D eigenvalue weighted by Gasteiger charge is 2.31. The smallest absolute Gasteiger partial charge is 0.358 e. The Morgan fingerprint density at radius 3 is 2.69 bits per heavy atom. The Bertz CT molecular complexity index is 432. The number of alkyl halides is 3. The maximum Gasteiger partial charge on any atom is 0.417 e. The number of pyridine rings is 1. The molecule has 86 valence electrons. The Labute approximate surface area is 95.8 Å². The van der Waals surface area contributed by atoms with Crippen molar-refractivity contribution in [1.29, 1.82) is 0 Å². The Balaban J connectivity index is 2.86. The number of rotatable bonds is 2. The van der Waals surface area contributed by atoms with Gasteiger partial charge in [0.15, 0.2) is 0 Å². The molecule has 0 atom stereocenters. The summed E-state index contributed by atoms with van der Waals surface area (Å²) in [5.41, 5.74) is -0.871. The highest BCUT2D eigenvalue weighted by Crippen LogP contribution is 2.32. The van der Waals surface area contributed by atoms with Crippen LogP contribution in [-0.2, 0) is 6.18 Å². The van der Waals surface area contributed by atoms with Gasteiger partial charge in [-0.3, -0.25) is 0 Å². The fourth-order valence-corrected chi connectivity index (χ4v) is 1.17. The number of hydrogen-bond donors (Lipinski definition) is 1. The minimum Gasteiger partial charge on any atom is -0.358 e. The molecule has 0 spiro atoms.